The molecule has 0 radical (unpaired) electrons. The molecule has 0 saturated carbocycles. The van der Waals surface area contributed by atoms with Gasteiger partial charge in [0.25, 0.3) is 0 Å². The number of rotatable bonds is 6. The first-order valence-corrected chi connectivity index (χ1v) is 9.66. The summed E-state index contributed by atoms with van der Waals surface area (Å²) in [6, 6.07) is 20.2. The third-order valence-electron chi connectivity index (χ3n) is 4.11. The summed E-state index contributed by atoms with van der Waals surface area (Å²) in [6.45, 7) is 0. The highest BCUT2D eigenvalue weighted by Gasteiger charge is 2.06. The molecule has 4 rings (SSSR count). The Hall–Kier alpha value is -3.45. The fourth-order valence-corrected chi connectivity index (χ4v) is 3.35. The molecule has 6 nitrogen and oxygen atoms in total. The van der Waals surface area contributed by atoms with E-state index in [0.717, 1.165) is 27.9 Å². The molecule has 2 heterocycles. The van der Waals surface area contributed by atoms with Crippen molar-refractivity contribution in [3.63, 3.8) is 0 Å². The molecule has 4 aromatic rings. The molecule has 2 aromatic heterocycles. The molecule has 0 atom stereocenters. The number of hydrogen-bond donors (Lipinski definition) is 2. The molecular formula is C21H17N5OS. The number of carbonyl (C=O) groups is 1. The van der Waals surface area contributed by atoms with Crippen LogP contribution in [-0.4, -0.2) is 31.8 Å². The molecule has 0 spiro atoms. The molecule has 0 aliphatic rings. The largest absolute Gasteiger partial charge is 0.325 e. The number of anilines is 1. The van der Waals surface area contributed by atoms with Crippen LogP contribution in [0.3, 0.4) is 0 Å². The highest BCUT2D eigenvalue weighted by atomic mass is 32.2. The van der Waals surface area contributed by atoms with Crippen LogP contribution < -0.4 is 5.32 Å². The highest BCUT2D eigenvalue weighted by Crippen LogP contribution is 2.27. The summed E-state index contributed by atoms with van der Waals surface area (Å²) in [5, 5.41) is 11.0. The SMILES string of the molecule is O=C(CSc1nnc[nH]1)Nc1ccc(-c2cccc(-c3ccncc3)c2)cc1. The van der Waals surface area contributed by atoms with Gasteiger partial charge in [-0.2, -0.15) is 0 Å². The Balaban J connectivity index is 1.42. The minimum atomic E-state index is -0.0890. The van der Waals surface area contributed by atoms with Gasteiger partial charge >= 0.3 is 0 Å². The zero-order chi connectivity index (χ0) is 19.2. The Bertz CT molecular complexity index is 1050. The maximum atomic E-state index is 12.1. The highest BCUT2D eigenvalue weighted by molar-refractivity contribution is 7.99. The van der Waals surface area contributed by atoms with Crippen molar-refractivity contribution in [1.29, 1.82) is 0 Å². The van der Waals surface area contributed by atoms with Gasteiger partial charge < -0.3 is 10.3 Å². The molecule has 1 amide bonds. The van der Waals surface area contributed by atoms with Gasteiger partial charge in [-0.25, -0.2) is 0 Å². The third-order valence-corrected chi connectivity index (χ3v) is 4.99. The van der Waals surface area contributed by atoms with Crippen molar-refractivity contribution < 1.29 is 4.79 Å². The predicted octanol–water partition coefficient (Wildman–Crippen LogP) is 4.26. The summed E-state index contributed by atoms with van der Waals surface area (Å²) in [4.78, 5) is 19.0. The van der Waals surface area contributed by atoms with Crippen molar-refractivity contribution in [2.45, 2.75) is 5.16 Å². The maximum Gasteiger partial charge on any atom is 0.234 e. The molecular weight excluding hydrogens is 370 g/mol. The maximum absolute atomic E-state index is 12.1. The Morgan fingerprint density at radius 1 is 0.929 bits per heavy atom. The topological polar surface area (TPSA) is 83.6 Å². The van der Waals surface area contributed by atoms with E-state index in [1.54, 1.807) is 12.4 Å². The van der Waals surface area contributed by atoms with Crippen molar-refractivity contribution in [2.75, 3.05) is 11.1 Å². The van der Waals surface area contributed by atoms with Crippen molar-refractivity contribution in [3.05, 3.63) is 79.4 Å². The van der Waals surface area contributed by atoms with E-state index in [9.17, 15) is 4.79 Å². The molecule has 0 aliphatic carbocycles. The van der Waals surface area contributed by atoms with E-state index in [1.807, 2.05) is 42.5 Å². The average molecular weight is 387 g/mol. The smallest absolute Gasteiger partial charge is 0.234 e. The molecule has 7 heteroatoms. The third kappa shape index (κ3) is 4.44. The fraction of sp³-hybridized carbons (Fsp3) is 0.0476. The minimum Gasteiger partial charge on any atom is -0.325 e. The van der Waals surface area contributed by atoms with Gasteiger partial charge in [-0.1, -0.05) is 42.1 Å². The van der Waals surface area contributed by atoms with Gasteiger partial charge in [-0.3, -0.25) is 9.78 Å². The van der Waals surface area contributed by atoms with E-state index < -0.39 is 0 Å². The lowest BCUT2D eigenvalue weighted by Crippen LogP contribution is -2.14. The van der Waals surface area contributed by atoms with Gasteiger partial charge in [0.2, 0.25) is 5.91 Å². The minimum absolute atomic E-state index is 0.0890. The number of aromatic amines is 1. The van der Waals surface area contributed by atoms with Crippen LogP contribution in [0.25, 0.3) is 22.3 Å². The first-order chi connectivity index (χ1) is 13.8. The lowest BCUT2D eigenvalue weighted by atomic mass is 9.99. The van der Waals surface area contributed by atoms with Crippen LogP contribution >= 0.6 is 11.8 Å². The van der Waals surface area contributed by atoms with Crippen LogP contribution in [0.2, 0.25) is 0 Å². The van der Waals surface area contributed by atoms with Gasteiger partial charge in [-0.05, 0) is 52.6 Å². The molecule has 0 saturated heterocycles. The zero-order valence-corrected chi connectivity index (χ0v) is 15.7. The number of thioether (sulfide) groups is 1. The van der Waals surface area contributed by atoms with Crippen molar-refractivity contribution in [2.24, 2.45) is 0 Å². The summed E-state index contributed by atoms with van der Waals surface area (Å²) in [7, 11) is 0. The van der Waals surface area contributed by atoms with E-state index in [2.05, 4.69) is 43.7 Å². The standard InChI is InChI=1S/C21H17N5OS/c27-20(13-28-21-23-14-24-26-21)25-19-6-4-15(5-7-19)17-2-1-3-18(12-17)16-8-10-22-11-9-16/h1-12,14H,13H2,(H,25,27)(H,23,24,26). The van der Waals surface area contributed by atoms with Gasteiger partial charge in [-0.15, -0.1) is 10.2 Å². The first-order valence-electron chi connectivity index (χ1n) is 8.67. The molecule has 28 heavy (non-hydrogen) atoms. The van der Waals surface area contributed by atoms with Crippen LogP contribution in [0, 0.1) is 0 Å². The number of pyridine rings is 1. The van der Waals surface area contributed by atoms with Crippen molar-refractivity contribution in [1.82, 2.24) is 20.2 Å². The molecule has 0 bridgehead atoms. The van der Waals surface area contributed by atoms with Crippen LogP contribution in [0.4, 0.5) is 5.69 Å². The monoisotopic (exact) mass is 387 g/mol. The second kappa shape index (κ2) is 8.49. The number of nitrogens with zero attached hydrogens (tertiary/aromatic N) is 3. The number of nitrogens with one attached hydrogen (secondary N) is 2. The molecule has 0 unspecified atom stereocenters. The van der Waals surface area contributed by atoms with E-state index in [0.29, 0.717) is 5.16 Å². The van der Waals surface area contributed by atoms with Crippen LogP contribution in [-0.2, 0) is 4.79 Å². The Morgan fingerprint density at radius 3 is 2.32 bits per heavy atom. The van der Waals surface area contributed by atoms with E-state index in [-0.39, 0.29) is 11.7 Å². The van der Waals surface area contributed by atoms with Gasteiger partial charge in [0, 0.05) is 18.1 Å². The molecule has 2 aromatic carbocycles. The average Bonchev–Trinajstić information content (AvgIpc) is 3.27. The van der Waals surface area contributed by atoms with Crippen LogP contribution in [0.1, 0.15) is 0 Å². The summed E-state index contributed by atoms with van der Waals surface area (Å²) in [5.74, 6) is 0.180. The van der Waals surface area contributed by atoms with Crippen LogP contribution in [0.15, 0.2) is 84.5 Å². The second-order valence-electron chi connectivity index (χ2n) is 6.02. The normalized spacial score (nSPS) is 10.6. The number of hydrogen-bond acceptors (Lipinski definition) is 5. The molecule has 0 aliphatic heterocycles. The lowest BCUT2D eigenvalue weighted by Gasteiger charge is -2.08. The Kier molecular flexibility index (Phi) is 5.44. The summed E-state index contributed by atoms with van der Waals surface area (Å²) in [5.41, 5.74) is 5.24. The first kappa shape index (κ1) is 17.9. The molecule has 0 fully saturated rings. The summed E-state index contributed by atoms with van der Waals surface area (Å²) < 4.78 is 0. The molecule has 138 valence electrons. The van der Waals surface area contributed by atoms with Crippen LogP contribution in [0.5, 0.6) is 0 Å². The summed E-state index contributed by atoms with van der Waals surface area (Å²) >= 11 is 1.31. The van der Waals surface area contributed by atoms with Gasteiger partial charge in [0.05, 0.1) is 5.75 Å². The number of carbonyl (C=O) groups excluding carboxylic acids is 1. The second-order valence-corrected chi connectivity index (χ2v) is 6.99. The summed E-state index contributed by atoms with van der Waals surface area (Å²) in [6.07, 6.45) is 5.07. The number of benzene rings is 2. The number of amides is 1. The number of H-pyrrole nitrogens is 1. The van der Waals surface area contributed by atoms with E-state index in [4.69, 9.17) is 0 Å². The lowest BCUT2D eigenvalue weighted by molar-refractivity contribution is -0.113. The van der Waals surface area contributed by atoms with E-state index >= 15 is 0 Å². The molecule has 2 N–H and O–H groups in total. The van der Waals surface area contributed by atoms with Crippen molar-refractivity contribution >= 4 is 23.4 Å². The predicted molar refractivity (Wildman–Crippen MR) is 111 cm³/mol. The number of aromatic nitrogens is 4. The quantitative estimate of drug-likeness (QED) is 0.483. The van der Waals surface area contributed by atoms with E-state index in [1.165, 1.54) is 18.1 Å². The van der Waals surface area contributed by atoms with Crippen molar-refractivity contribution in [3.8, 4) is 22.3 Å². The zero-order valence-electron chi connectivity index (χ0n) is 14.9. The Labute approximate surface area is 166 Å². The van der Waals surface area contributed by atoms with Gasteiger partial charge in [0.1, 0.15) is 6.33 Å². The van der Waals surface area contributed by atoms with Gasteiger partial charge in [0.15, 0.2) is 5.16 Å². The Morgan fingerprint density at radius 2 is 1.64 bits per heavy atom. The fourth-order valence-electron chi connectivity index (χ4n) is 2.76.